The van der Waals surface area contributed by atoms with Crippen molar-refractivity contribution in [3.05, 3.63) is 101 Å². The van der Waals surface area contributed by atoms with Crippen LogP contribution in [-0.2, 0) is 27.8 Å². The number of aromatic nitrogens is 4. The van der Waals surface area contributed by atoms with Crippen LogP contribution in [0.2, 0.25) is 0 Å². The lowest BCUT2D eigenvalue weighted by molar-refractivity contribution is -0.140. The van der Waals surface area contributed by atoms with Crippen LogP contribution in [0.1, 0.15) is 18.4 Å². The smallest absolute Gasteiger partial charge is 0.264 e. The van der Waals surface area contributed by atoms with Gasteiger partial charge in [-0.15, -0.1) is 0 Å². The van der Waals surface area contributed by atoms with Gasteiger partial charge >= 0.3 is 0 Å². The van der Waals surface area contributed by atoms with Crippen LogP contribution in [-0.4, -0.2) is 68.9 Å². The predicted molar refractivity (Wildman–Crippen MR) is 155 cm³/mol. The minimum Gasteiger partial charge on any atom is -0.388 e. The molecule has 0 unspecified atom stereocenters. The standard InChI is InChI=1S/C29H32N6O5S/c1-2-41(39,40)32-18-23(17-22-9-5-3-6-10-22)27(36)33-15-13-29(38,14-16-33)20-34-21-30-26-25(28(34)37)19-31-35(26)24-11-7-4-8-12-24/h2-12,19,21,23,32,38H,1,13-18,20H2/t23-/m0/s1. The first-order valence-electron chi connectivity index (χ1n) is 13.3. The topological polar surface area (TPSA) is 139 Å². The lowest BCUT2D eigenvalue weighted by Gasteiger charge is -2.39. The molecule has 2 aromatic heterocycles. The predicted octanol–water partition coefficient (Wildman–Crippen LogP) is 1.86. The van der Waals surface area contributed by atoms with Gasteiger partial charge in [0.25, 0.3) is 5.56 Å². The van der Waals surface area contributed by atoms with E-state index in [4.69, 9.17) is 0 Å². The highest BCUT2D eigenvalue weighted by atomic mass is 32.2. The Hall–Kier alpha value is -4.13. The summed E-state index contributed by atoms with van der Waals surface area (Å²) in [7, 11) is -3.70. The van der Waals surface area contributed by atoms with Crippen LogP contribution < -0.4 is 10.3 Å². The third-order valence-electron chi connectivity index (χ3n) is 7.45. The van der Waals surface area contributed by atoms with E-state index < -0.39 is 21.5 Å². The normalized spacial score (nSPS) is 16.0. The summed E-state index contributed by atoms with van der Waals surface area (Å²) in [6, 6.07) is 18.8. The van der Waals surface area contributed by atoms with E-state index in [9.17, 15) is 23.1 Å². The van der Waals surface area contributed by atoms with E-state index >= 15 is 0 Å². The Labute approximate surface area is 237 Å². The molecule has 3 heterocycles. The number of benzene rings is 2. The number of hydrogen-bond donors (Lipinski definition) is 2. The van der Waals surface area contributed by atoms with Gasteiger partial charge in [0.1, 0.15) is 11.7 Å². The summed E-state index contributed by atoms with van der Waals surface area (Å²) >= 11 is 0. The lowest BCUT2D eigenvalue weighted by Crippen LogP contribution is -2.52. The second kappa shape index (κ2) is 11.8. The Bertz CT molecular complexity index is 1690. The molecule has 11 nitrogen and oxygen atoms in total. The molecule has 1 aliphatic heterocycles. The van der Waals surface area contributed by atoms with Crippen molar-refractivity contribution in [1.29, 1.82) is 0 Å². The largest absolute Gasteiger partial charge is 0.388 e. The van der Waals surface area contributed by atoms with Gasteiger partial charge in [-0.25, -0.2) is 22.8 Å². The fourth-order valence-corrected chi connectivity index (χ4v) is 5.67. The van der Waals surface area contributed by atoms with Crippen molar-refractivity contribution in [2.75, 3.05) is 19.6 Å². The summed E-state index contributed by atoms with van der Waals surface area (Å²) in [6.45, 7) is 3.81. The van der Waals surface area contributed by atoms with E-state index in [1.54, 1.807) is 9.58 Å². The molecule has 1 amide bonds. The minimum atomic E-state index is -3.70. The van der Waals surface area contributed by atoms with Crippen molar-refractivity contribution in [1.82, 2.24) is 29.0 Å². The summed E-state index contributed by atoms with van der Waals surface area (Å²) in [6.07, 6.45) is 3.76. The first kappa shape index (κ1) is 28.4. The molecule has 2 N–H and O–H groups in total. The van der Waals surface area contributed by atoms with Gasteiger partial charge in [0.05, 0.1) is 29.9 Å². The average Bonchev–Trinajstić information content (AvgIpc) is 3.43. The number of fused-ring (bicyclic) bond motifs is 1. The van der Waals surface area contributed by atoms with Crippen LogP contribution in [0.4, 0.5) is 0 Å². The highest BCUT2D eigenvalue weighted by Gasteiger charge is 2.36. The van der Waals surface area contributed by atoms with Crippen molar-refractivity contribution in [3.8, 4) is 5.69 Å². The number of piperidine rings is 1. The average molecular weight is 577 g/mol. The summed E-state index contributed by atoms with van der Waals surface area (Å²) in [5, 5.41) is 16.9. The highest BCUT2D eigenvalue weighted by Crippen LogP contribution is 2.26. The summed E-state index contributed by atoms with van der Waals surface area (Å²) in [5.74, 6) is -0.829. The first-order valence-corrected chi connectivity index (χ1v) is 14.9. The molecule has 0 bridgehead atoms. The fraction of sp³-hybridized carbons (Fsp3) is 0.310. The van der Waals surface area contributed by atoms with Gasteiger partial charge in [-0.2, -0.15) is 5.10 Å². The quantitative estimate of drug-likeness (QED) is 0.294. The van der Waals surface area contributed by atoms with Gasteiger partial charge in [0, 0.05) is 25.0 Å². The number of carbonyl (C=O) groups is 1. The number of sulfonamides is 1. The fourth-order valence-electron chi connectivity index (χ4n) is 5.12. The van der Waals surface area contributed by atoms with Crippen LogP contribution >= 0.6 is 0 Å². The number of nitrogens with one attached hydrogen (secondary N) is 1. The van der Waals surface area contributed by atoms with Gasteiger partial charge in [-0.3, -0.25) is 14.2 Å². The summed E-state index contributed by atoms with van der Waals surface area (Å²) < 4.78 is 29.4. The molecular formula is C29H32N6O5S. The zero-order valence-electron chi connectivity index (χ0n) is 22.5. The summed E-state index contributed by atoms with van der Waals surface area (Å²) in [4.78, 5) is 32.8. The molecule has 214 valence electrons. The molecule has 4 aromatic rings. The molecule has 1 fully saturated rings. The molecule has 0 saturated carbocycles. The van der Waals surface area contributed by atoms with Crippen LogP contribution in [0.5, 0.6) is 0 Å². The van der Waals surface area contributed by atoms with Crippen molar-refractivity contribution in [2.24, 2.45) is 5.92 Å². The van der Waals surface area contributed by atoms with Gasteiger partial charge in [0.15, 0.2) is 5.65 Å². The Kier molecular flexibility index (Phi) is 8.15. The number of hydrogen-bond acceptors (Lipinski definition) is 7. The van der Waals surface area contributed by atoms with Crippen LogP contribution in [0.25, 0.3) is 16.7 Å². The molecule has 0 aliphatic carbocycles. The molecule has 5 rings (SSSR count). The van der Waals surface area contributed by atoms with Gasteiger partial charge in [-0.1, -0.05) is 55.1 Å². The van der Waals surface area contributed by atoms with Crippen LogP contribution in [0.15, 0.2) is 90.0 Å². The van der Waals surface area contributed by atoms with E-state index in [0.29, 0.717) is 17.5 Å². The van der Waals surface area contributed by atoms with E-state index in [2.05, 4.69) is 21.4 Å². The molecule has 1 atom stereocenters. The number of carbonyl (C=O) groups excluding carboxylic acids is 1. The Morgan fingerprint density at radius 1 is 1.10 bits per heavy atom. The minimum absolute atomic E-state index is 0.0277. The number of aliphatic hydroxyl groups is 1. The third-order valence-corrected chi connectivity index (χ3v) is 8.46. The maximum absolute atomic E-state index is 13.5. The van der Waals surface area contributed by atoms with Crippen LogP contribution in [0, 0.1) is 5.92 Å². The van der Waals surface area contributed by atoms with E-state index in [1.807, 2.05) is 60.7 Å². The molecular weight excluding hydrogens is 544 g/mol. The molecule has 1 saturated heterocycles. The zero-order valence-corrected chi connectivity index (χ0v) is 23.3. The maximum atomic E-state index is 13.5. The molecule has 0 spiro atoms. The monoisotopic (exact) mass is 576 g/mol. The summed E-state index contributed by atoms with van der Waals surface area (Å²) in [5.41, 5.74) is 0.605. The van der Waals surface area contributed by atoms with Crippen molar-refractivity contribution < 1.29 is 18.3 Å². The number of rotatable bonds is 10. The second-order valence-corrected chi connectivity index (χ2v) is 12.0. The molecule has 0 radical (unpaired) electrons. The number of nitrogens with zero attached hydrogens (tertiary/aromatic N) is 5. The highest BCUT2D eigenvalue weighted by molar-refractivity contribution is 7.92. The van der Waals surface area contributed by atoms with Crippen molar-refractivity contribution in [3.63, 3.8) is 0 Å². The second-order valence-electron chi connectivity index (χ2n) is 10.3. The molecule has 41 heavy (non-hydrogen) atoms. The maximum Gasteiger partial charge on any atom is 0.264 e. The van der Waals surface area contributed by atoms with Crippen molar-refractivity contribution in [2.45, 2.75) is 31.4 Å². The molecule has 2 aromatic carbocycles. The number of likely N-dealkylation sites (tertiary alicyclic amines) is 1. The number of para-hydroxylation sites is 1. The van der Waals surface area contributed by atoms with E-state index in [0.717, 1.165) is 16.7 Å². The first-order chi connectivity index (χ1) is 19.7. The molecule has 1 aliphatic rings. The van der Waals surface area contributed by atoms with Crippen molar-refractivity contribution >= 4 is 27.0 Å². The van der Waals surface area contributed by atoms with Gasteiger partial charge in [-0.05, 0) is 37.0 Å². The Morgan fingerprint density at radius 3 is 2.41 bits per heavy atom. The van der Waals surface area contributed by atoms with Gasteiger partial charge < -0.3 is 10.0 Å². The van der Waals surface area contributed by atoms with E-state index in [1.165, 1.54) is 17.1 Å². The zero-order chi connectivity index (χ0) is 29.0. The lowest BCUT2D eigenvalue weighted by atomic mass is 9.89. The van der Waals surface area contributed by atoms with Crippen LogP contribution in [0.3, 0.4) is 0 Å². The Morgan fingerprint density at radius 2 is 1.76 bits per heavy atom. The van der Waals surface area contributed by atoms with Gasteiger partial charge in [0.2, 0.25) is 15.9 Å². The Balaban J connectivity index is 1.27. The van der Waals surface area contributed by atoms with E-state index in [-0.39, 0.29) is 50.5 Å². The third kappa shape index (κ3) is 6.45. The SMILES string of the molecule is C=CS(=O)(=O)NC[C@H](Cc1ccccc1)C(=O)N1CCC(O)(Cn2cnc3c(cnn3-c3ccccc3)c2=O)CC1. The number of amides is 1. The molecule has 12 heteroatoms.